The van der Waals surface area contributed by atoms with Crippen molar-refractivity contribution in [1.82, 2.24) is 15.5 Å². The van der Waals surface area contributed by atoms with Crippen LogP contribution in [-0.4, -0.2) is 42.4 Å². The average molecular weight is 372 g/mol. The first kappa shape index (κ1) is 18.6. The molecule has 1 fully saturated rings. The molecule has 1 aliphatic heterocycles. The third-order valence-electron chi connectivity index (χ3n) is 4.57. The summed E-state index contributed by atoms with van der Waals surface area (Å²) in [5.41, 5.74) is 1.03. The van der Waals surface area contributed by atoms with Crippen LogP contribution in [0.3, 0.4) is 0 Å². The minimum absolute atomic E-state index is 0.0602. The van der Waals surface area contributed by atoms with Gasteiger partial charge in [-0.3, -0.25) is 14.5 Å². The standard InChI is InChI=1S/C20H25N3O2S/c24-19(13-16-5-2-1-3-6-16)22-17-8-10-23(11-9-17)15-20(25)21-14-18-7-4-12-26-18/h1-7,12,17H,8-11,13-15H2,(H,21,25)(H,22,24). The average Bonchev–Trinajstić information content (AvgIpc) is 3.16. The van der Waals surface area contributed by atoms with E-state index in [0.717, 1.165) is 36.4 Å². The highest BCUT2D eigenvalue weighted by molar-refractivity contribution is 7.09. The molecule has 0 aliphatic carbocycles. The predicted molar refractivity (Wildman–Crippen MR) is 104 cm³/mol. The number of thiophene rings is 1. The number of hydrogen-bond acceptors (Lipinski definition) is 4. The Kier molecular flexibility index (Phi) is 6.80. The van der Waals surface area contributed by atoms with E-state index < -0.39 is 0 Å². The first-order valence-corrected chi connectivity index (χ1v) is 9.92. The summed E-state index contributed by atoms with van der Waals surface area (Å²) in [5.74, 6) is 0.133. The Morgan fingerprint density at radius 2 is 1.81 bits per heavy atom. The molecule has 2 amide bonds. The molecule has 2 aromatic rings. The number of carbonyl (C=O) groups is 2. The van der Waals surface area contributed by atoms with Crippen molar-refractivity contribution >= 4 is 23.2 Å². The van der Waals surface area contributed by atoms with Crippen molar-refractivity contribution < 1.29 is 9.59 Å². The maximum atomic E-state index is 12.1. The smallest absolute Gasteiger partial charge is 0.234 e. The van der Waals surface area contributed by atoms with E-state index in [4.69, 9.17) is 0 Å². The molecule has 0 saturated carbocycles. The topological polar surface area (TPSA) is 61.4 Å². The number of amides is 2. The highest BCUT2D eigenvalue weighted by Gasteiger charge is 2.22. The SMILES string of the molecule is O=C(CN1CCC(NC(=O)Cc2ccccc2)CC1)NCc1cccs1. The number of likely N-dealkylation sites (tertiary alicyclic amines) is 1. The van der Waals surface area contributed by atoms with Crippen molar-refractivity contribution in [3.63, 3.8) is 0 Å². The molecule has 138 valence electrons. The van der Waals surface area contributed by atoms with Crippen LogP contribution in [0.15, 0.2) is 47.8 Å². The number of nitrogens with zero attached hydrogens (tertiary/aromatic N) is 1. The number of hydrogen-bond donors (Lipinski definition) is 2. The molecule has 0 bridgehead atoms. The maximum absolute atomic E-state index is 12.1. The number of rotatable bonds is 7. The van der Waals surface area contributed by atoms with E-state index in [1.54, 1.807) is 11.3 Å². The Bertz CT molecular complexity index is 695. The monoisotopic (exact) mass is 371 g/mol. The van der Waals surface area contributed by atoms with Gasteiger partial charge in [-0.05, 0) is 29.9 Å². The van der Waals surface area contributed by atoms with Gasteiger partial charge in [-0.25, -0.2) is 0 Å². The molecular formula is C20H25N3O2S. The van der Waals surface area contributed by atoms with Crippen LogP contribution < -0.4 is 10.6 Å². The van der Waals surface area contributed by atoms with Gasteiger partial charge in [-0.15, -0.1) is 11.3 Å². The summed E-state index contributed by atoms with van der Waals surface area (Å²) in [6.07, 6.45) is 2.20. The van der Waals surface area contributed by atoms with E-state index in [1.165, 1.54) is 0 Å². The lowest BCUT2D eigenvalue weighted by molar-refractivity contribution is -0.124. The van der Waals surface area contributed by atoms with Gasteiger partial charge in [0.2, 0.25) is 11.8 Å². The fraction of sp³-hybridized carbons (Fsp3) is 0.400. The van der Waals surface area contributed by atoms with Gasteiger partial charge in [0.15, 0.2) is 0 Å². The molecular weight excluding hydrogens is 346 g/mol. The lowest BCUT2D eigenvalue weighted by Gasteiger charge is -2.31. The number of benzene rings is 1. The highest BCUT2D eigenvalue weighted by atomic mass is 32.1. The Morgan fingerprint density at radius 1 is 1.04 bits per heavy atom. The highest BCUT2D eigenvalue weighted by Crippen LogP contribution is 2.11. The molecule has 1 aliphatic rings. The van der Waals surface area contributed by atoms with E-state index in [2.05, 4.69) is 15.5 Å². The molecule has 0 radical (unpaired) electrons. The minimum Gasteiger partial charge on any atom is -0.353 e. The molecule has 6 heteroatoms. The summed E-state index contributed by atoms with van der Waals surface area (Å²) in [6.45, 7) is 2.70. The third-order valence-corrected chi connectivity index (χ3v) is 5.44. The summed E-state index contributed by atoms with van der Waals surface area (Å²) >= 11 is 1.65. The Hall–Kier alpha value is -2.18. The summed E-state index contributed by atoms with van der Waals surface area (Å²) in [6, 6.07) is 14.0. The maximum Gasteiger partial charge on any atom is 0.234 e. The van der Waals surface area contributed by atoms with E-state index in [0.29, 0.717) is 19.5 Å². The van der Waals surface area contributed by atoms with Gasteiger partial charge in [0.1, 0.15) is 0 Å². The van der Waals surface area contributed by atoms with Gasteiger partial charge >= 0.3 is 0 Å². The van der Waals surface area contributed by atoms with Crippen LogP contribution in [0.1, 0.15) is 23.3 Å². The van der Waals surface area contributed by atoms with Crippen LogP contribution in [0.2, 0.25) is 0 Å². The number of piperidine rings is 1. The molecule has 2 heterocycles. The summed E-state index contributed by atoms with van der Waals surface area (Å²) in [5, 5.41) is 8.10. The fourth-order valence-electron chi connectivity index (χ4n) is 3.15. The second-order valence-corrected chi connectivity index (χ2v) is 7.67. The number of carbonyl (C=O) groups excluding carboxylic acids is 2. The van der Waals surface area contributed by atoms with Crippen LogP contribution in [-0.2, 0) is 22.6 Å². The van der Waals surface area contributed by atoms with Crippen LogP contribution in [0.25, 0.3) is 0 Å². The van der Waals surface area contributed by atoms with Crippen molar-refractivity contribution in [3.8, 4) is 0 Å². The van der Waals surface area contributed by atoms with Gasteiger partial charge in [0.25, 0.3) is 0 Å². The van der Waals surface area contributed by atoms with E-state index in [9.17, 15) is 9.59 Å². The third kappa shape index (κ3) is 5.97. The summed E-state index contributed by atoms with van der Waals surface area (Å²) in [4.78, 5) is 27.5. The second-order valence-electron chi connectivity index (χ2n) is 6.64. The first-order chi connectivity index (χ1) is 12.7. The lowest BCUT2D eigenvalue weighted by atomic mass is 10.0. The molecule has 1 aromatic heterocycles. The predicted octanol–water partition coefficient (Wildman–Crippen LogP) is 2.19. The van der Waals surface area contributed by atoms with Gasteiger partial charge in [-0.1, -0.05) is 36.4 Å². The van der Waals surface area contributed by atoms with Crippen LogP contribution in [0.4, 0.5) is 0 Å². The normalized spacial score (nSPS) is 15.5. The first-order valence-electron chi connectivity index (χ1n) is 9.04. The fourth-order valence-corrected chi connectivity index (χ4v) is 3.80. The summed E-state index contributed by atoms with van der Waals surface area (Å²) < 4.78 is 0. The zero-order valence-corrected chi connectivity index (χ0v) is 15.6. The second kappa shape index (κ2) is 9.50. The van der Waals surface area contributed by atoms with Crippen molar-refractivity contribution in [1.29, 1.82) is 0 Å². The molecule has 1 saturated heterocycles. The van der Waals surface area contributed by atoms with E-state index in [1.807, 2.05) is 47.8 Å². The molecule has 5 nitrogen and oxygen atoms in total. The van der Waals surface area contributed by atoms with Crippen LogP contribution in [0, 0.1) is 0 Å². The molecule has 1 aromatic carbocycles. The molecule has 0 unspecified atom stereocenters. The van der Waals surface area contributed by atoms with Crippen molar-refractivity contribution in [2.45, 2.75) is 31.8 Å². The van der Waals surface area contributed by atoms with Crippen LogP contribution >= 0.6 is 11.3 Å². The Balaban J connectivity index is 1.33. The largest absolute Gasteiger partial charge is 0.353 e. The van der Waals surface area contributed by atoms with Gasteiger partial charge < -0.3 is 10.6 Å². The van der Waals surface area contributed by atoms with Crippen LogP contribution in [0.5, 0.6) is 0 Å². The lowest BCUT2D eigenvalue weighted by Crippen LogP contribution is -2.47. The van der Waals surface area contributed by atoms with E-state index >= 15 is 0 Å². The van der Waals surface area contributed by atoms with E-state index in [-0.39, 0.29) is 17.9 Å². The van der Waals surface area contributed by atoms with Gasteiger partial charge in [0, 0.05) is 24.0 Å². The quantitative estimate of drug-likeness (QED) is 0.784. The van der Waals surface area contributed by atoms with Crippen molar-refractivity contribution in [2.24, 2.45) is 0 Å². The Labute approximate surface area is 158 Å². The van der Waals surface area contributed by atoms with Gasteiger partial charge in [0.05, 0.1) is 19.5 Å². The molecule has 0 spiro atoms. The number of nitrogens with one attached hydrogen (secondary N) is 2. The zero-order chi connectivity index (χ0) is 18.2. The molecule has 3 rings (SSSR count). The molecule has 2 N–H and O–H groups in total. The molecule has 0 atom stereocenters. The molecule has 26 heavy (non-hydrogen) atoms. The minimum atomic E-state index is 0.0602. The zero-order valence-electron chi connectivity index (χ0n) is 14.8. The van der Waals surface area contributed by atoms with Crippen molar-refractivity contribution in [3.05, 3.63) is 58.3 Å². The van der Waals surface area contributed by atoms with Gasteiger partial charge in [-0.2, -0.15) is 0 Å². The summed E-state index contributed by atoms with van der Waals surface area (Å²) in [7, 11) is 0. The van der Waals surface area contributed by atoms with Crippen molar-refractivity contribution in [2.75, 3.05) is 19.6 Å². The Morgan fingerprint density at radius 3 is 2.50 bits per heavy atom.